The van der Waals surface area contributed by atoms with Crippen LogP contribution in [0.25, 0.3) is 0 Å². The number of carboxylic acid groups (broad SMARTS) is 2. The Morgan fingerprint density at radius 2 is 0.579 bits per heavy atom. The molecule has 0 saturated heterocycles. The van der Waals surface area contributed by atoms with Crippen LogP contribution in [0.3, 0.4) is 0 Å². The lowest BCUT2D eigenvalue weighted by Gasteiger charge is -2.32. The number of aliphatic carboxylic acids is 2. The van der Waals surface area contributed by atoms with Crippen LogP contribution in [0.5, 0.6) is 0 Å². The highest BCUT2D eigenvalue weighted by Gasteiger charge is 2.23. The topological polar surface area (TPSA) is 187 Å². The van der Waals surface area contributed by atoms with Gasteiger partial charge in [0.1, 0.15) is 38.8 Å². The Labute approximate surface area is 831 Å². The van der Waals surface area contributed by atoms with E-state index in [-0.39, 0.29) is 31.4 Å². The van der Waals surface area contributed by atoms with E-state index in [1.807, 2.05) is 72.7 Å². The molecular weight excluding hydrogens is 1690 g/mol. The monoisotopic (exact) mass is 1910 g/mol. The number of hydrogen-bond donors (Lipinski definition) is 2. The number of nitrogens with one attached hydrogen (secondary N) is 1. The second-order valence-electron chi connectivity index (χ2n) is 42.9. The van der Waals surface area contributed by atoms with Gasteiger partial charge in [0.25, 0.3) is 0 Å². The summed E-state index contributed by atoms with van der Waals surface area (Å²) in [6, 6.07) is 21.4. The summed E-state index contributed by atoms with van der Waals surface area (Å²) in [7, 11) is 30.2. The van der Waals surface area contributed by atoms with E-state index in [1.165, 1.54) is 288 Å². The first-order valence-electron chi connectivity index (χ1n) is 52.8. The summed E-state index contributed by atoms with van der Waals surface area (Å²) in [6.45, 7) is 34.2. The molecule has 2 aromatic rings. The lowest BCUT2D eigenvalue weighted by molar-refractivity contribution is -0.903. The number of carbonyl (C=O) groups excluding carboxylic acids is 3. The highest BCUT2D eigenvalue weighted by molar-refractivity contribution is 7.85. The molecule has 1 amide bonds. The number of likely N-dealkylation sites (N-methyl/N-ethyl adjacent to an activating group) is 3. The van der Waals surface area contributed by atoms with E-state index >= 15 is 0 Å². The van der Waals surface area contributed by atoms with Gasteiger partial charge in [0.2, 0.25) is 5.91 Å². The predicted octanol–water partition coefficient (Wildman–Crippen LogP) is 21.0. The van der Waals surface area contributed by atoms with Crippen molar-refractivity contribution >= 4 is 28.0 Å². The average molecular weight is 1910 g/mol. The van der Waals surface area contributed by atoms with Crippen molar-refractivity contribution in [1.29, 1.82) is 0 Å². The molecule has 0 radical (unpaired) electrons. The molecule has 2 aromatic carbocycles. The molecule has 0 aliphatic rings. The van der Waals surface area contributed by atoms with E-state index in [1.54, 1.807) is 0 Å². The number of halogens is 1. The normalized spacial score (nSPS) is 12.0. The third-order valence-electron chi connectivity index (χ3n) is 23.6. The fourth-order valence-corrected chi connectivity index (χ4v) is 16.4. The number of rotatable bonds is 80. The Hall–Kier alpha value is -5.09. The van der Waals surface area contributed by atoms with E-state index in [2.05, 4.69) is 208 Å². The molecule has 1 atom stereocenters. The molecule has 0 aromatic heterocycles. The van der Waals surface area contributed by atoms with Crippen LogP contribution in [0.15, 0.2) is 148 Å². The number of carboxylic acids is 2. The van der Waals surface area contributed by atoms with Crippen molar-refractivity contribution in [2.45, 2.75) is 367 Å². The van der Waals surface area contributed by atoms with Gasteiger partial charge in [-0.3, -0.25) is 4.79 Å². The first-order valence-corrected chi connectivity index (χ1v) is 54.4. The quantitative estimate of drug-likeness (QED) is 0.0281. The number of unbranched alkanes of at least 4 members (excludes halogenated alkanes) is 41. The van der Waals surface area contributed by atoms with Crippen molar-refractivity contribution < 1.29 is 86.5 Å². The highest BCUT2D eigenvalue weighted by Crippen LogP contribution is 2.19. The molecule has 17 nitrogen and oxygen atoms in total. The Morgan fingerprint density at radius 1 is 0.338 bits per heavy atom. The van der Waals surface area contributed by atoms with Crippen LogP contribution in [0.4, 0.5) is 0 Å². The number of carbonyl (C=O) groups is 3. The lowest BCUT2D eigenvalue weighted by atomic mass is 10.1. The molecule has 0 heterocycles. The molecular formula is C114H218ClN8O9S+3. The summed E-state index contributed by atoms with van der Waals surface area (Å²) >= 11 is 0. The summed E-state index contributed by atoms with van der Waals surface area (Å²) in [6.07, 6.45) is 83.0. The molecule has 1 unspecified atom stereocenters. The van der Waals surface area contributed by atoms with Crippen LogP contribution in [-0.4, -0.2) is 264 Å². The van der Waals surface area contributed by atoms with Crippen molar-refractivity contribution in [3.63, 3.8) is 0 Å². The molecule has 0 bridgehead atoms. The van der Waals surface area contributed by atoms with Crippen LogP contribution in [0.2, 0.25) is 0 Å². The van der Waals surface area contributed by atoms with Gasteiger partial charge in [0, 0.05) is 30.5 Å². The Kier molecular flexibility index (Phi) is 97.2. The highest BCUT2D eigenvalue weighted by atomic mass is 35.5. The first kappa shape index (κ1) is 139. The first-order chi connectivity index (χ1) is 62.4. The van der Waals surface area contributed by atoms with Crippen LogP contribution in [-0.2, 0) is 37.6 Å². The summed E-state index contributed by atoms with van der Waals surface area (Å²) in [4.78, 5) is 32.9. The standard InChI is InChI=1S/C22H36N2O.C19H32N.C16H31NO2.C15H31NO4S.C15H32N.C14H27NO2.C13H28N.ClH/c1-4-5-6-7-8-9-13-17-22(25)23-18-14-19-24(2,3)20-21-15-11-10-12-16-21;1-4-5-6-7-8-9-10-14-17-20(2,3)18-19-15-12-11-13-16-19;1-4-5-6-7-8-9-10-11-12-13-14-17(2,3)15-16(18)19;1-4-5-6-7-8-9-10-11-12-16(2,3)13-15(17)14-21(18,19)20;1-5-6-7-8-9-10-11-12-13-14-15-16(2,3)4;1-4-5-6-7-8-9-10-11-12-15(2,3)13-14(16)17;1-5-6-7-8-9-10-11-12-13-14(2,3)4;/h4,10-12,15-16H,1,5-9,13-14,17-20H2,2-3H3;4,11-13,15-16H,1,5-10,14,17-18H2,2-3H3;5-6H,4,7-15H2,1-3H3;4,15,17H,1,5-14H2,2-3H3;6-7H,5,8-15H2,1-4H3;4H,1,5-13H2,2-3H3;5H,1,6-13H2,2-4H3;1H/q;+1;;;+1;;+1;/b;;6-5+;;7-6+;;;. The minimum atomic E-state index is -4.35. The maximum atomic E-state index is 11.9. The van der Waals surface area contributed by atoms with E-state index < -0.39 is 33.9 Å². The van der Waals surface area contributed by atoms with Crippen molar-refractivity contribution in [2.75, 3.05) is 191 Å². The second kappa shape index (κ2) is 93.2. The molecule has 2 rings (SSSR count). The Morgan fingerprint density at radius 3 is 0.842 bits per heavy atom. The number of nitrogens with zero attached hydrogens (tertiary/aromatic N) is 7. The summed E-state index contributed by atoms with van der Waals surface area (Å²) < 4.78 is 37.7. The fourth-order valence-electron chi connectivity index (χ4n) is 15.9. The number of benzene rings is 2. The maximum Gasteiger partial charge on any atom is 0.219 e. The lowest BCUT2D eigenvalue weighted by Crippen LogP contribution is -3.00. The van der Waals surface area contributed by atoms with Crippen molar-refractivity contribution in [2.24, 2.45) is 0 Å². The van der Waals surface area contributed by atoms with Gasteiger partial charge in [-0.15, -0.1) is 32.9 Å². The minimum Gasteiger partial charge on any atom is -1.00 e. The number of allylic oxidation sites excluding steroid dienone is 9. The molecule has 0 saturated carbocycles. The van der Waals surface area contributed by atoms with Gasteiger partial charge in [-0.1, -0.05) is 264 Å². The zero-order chi connectivity index (χ0) is 100. The van der Waals surface area contributed by atoms with Crippen molar-refractivity contribution in [3.05, 3.63) is 159 Å². The number of amides is 1. The van der Waals surface area contributed by atoms with Crippen LogP contribution >= 0.6 is 0 Å². The van der Waals surface area contributed by atoms with Gasteiger partial charge in [0.05, 0.1) is 186 Å². The SMILES string of the molecule is C=CCCCCCCCC(=O)NCCC[N+](C)(C)Cc1ccccc1.C=CCCCCCCCC[N+](C)(C)C.C=CCCCCCCCC[N+](C)(C)CC(=O)[O-].C=CCCCCCCCC[N+](C)(C)CC(O)CS(=O)(=O)[O-].C=CCCCCCCCC[N+](C)(C)Cc1ccccc1.CC/C=C/CCCCCCCC[N+](C)(C)C.CC/C=C/CCCCCCCC[N+](C)(C)CC(=O)[O-].[Cl-]. The van der Waals surface area contributed by atoms with Crippen LogP contribution < -0.4 is 27.9 Å². The van der Waals surface area contributed by atoms with Gasteiger partial charge in [-0.2, -0.15) is 0 Å². The predicted molar refractivity (Wildman–Crippen MR) is 570 cm³/mol. The zero-order valence-corrected chi connectivity index (χ0v) is 92.0. The zero-order valence-electron chi connectivity index (χ0n) is 90.4. The molecule has 0 fully saturated rings. The van der Waals surface area contributed by atoms with Gasteiger partial charge < -0.3 is 78.6 Å². The Bertz CT molecular complexity index is 3150. The fraction of sp³-hybridized carbons (Fsp3) is 0.746. The number of quaternary nitrogens is 7. The number of hydrogen-bond acceptors (Lipinski definition) is 9. The molecule has 19 heteroatoms. The van der Waals surface area contributed by atoms with Crippen LogP contribution in [0.1, 0.15) is 359 Å². The van der Waals surface area contributed by atoms with Gasteiger partial charge in [0.15, 0.2) is 0 Å². The maximum absolute atomic E-state index is 11.9. The van der Waals surface area contributed by atoms with E-state index in [9.17, 15) is 42.7 Å². The van der Waals surface area contributed by atoms with Gasteiger partial charge >= 0.3 is 0 Å². The largest absolute Gasteiger partial charge is 1.00 e. The van der Waals surface area contributed by atoms with E-state index in [4.69, 9.17) is 0 Å². The summed E-state index contributed by atoms with van der Waals surface area (Å²) in [5, 5.41) is 33.8. The third-order valence-corrected chi connectivity index (χ3v) is 24.4. The smallest absolute Gasteiger partial charge is 0.219 e. The number of aliphatic hydroxyl groups is 1. The molecule has 778 valence electrons. The average Bonchev–Trinajstić information content (AvgIpc) is 0.894. The summed E-state index contributed by atoms with van der Waals surface area (Å²) in [5.41, 5.74) is 2.81. The van der Waals surface area contributed by atoms with Crippen molar-refractivity contribution in [1.82, 2.24) is 5.32 Å². The van der Waals surface area contributed by atoms with Crippen LogP contribution in [0, 0.1) is 0 Å². The van der Waals surface area contributed by atoms with E-state index in [0.29, 0.717) is 26.4 Å². The molecule has 0 aliphatic heterocycles. The third kappa shape index (κ3) is 121. The number of aliphatic hydroxyl groups excluding tert-OH is 1. The summed E-state index contributed by atoms with van der Waals surface area (Å²) in [5.74, 6) is -2.40. The molecule has 133 heavy (non-hydrogen) atoms. The van der Waals surface area contributed by atoms with Crippen molar-refractivity contribution in [3.8, 4) is 0 Å². The van der Waals surface area contributed by atoms with E-state index in [0.717, 1.165) is 134 Å². The molecule has 0 aliphatic carbocycles. The minimum absolute atomic E-state index is 0. The molecule has 2 N–H and O–H groups in total. The Balaban J connectivity index is -0.000000356. The molecule has 0 spiro atoms. The second-order valence-corrected chi connectivity index (χ2v) is 44.4. The van der Waals surface area contributed by atoms with Gasteiger partial charge in [-0.05, 0) is 186 Å². The van der Waals surface area contributed by atoms with Gasteiger partial charge in [-0.25, -0.2) is 8.42 Å².